The first-order chi connectivity index (χ1) is 6.15. The SMILES string of the molecule is CNC(C(=O)O)c1cncc(Br)c1. The van der Waals surface area contributed by atoms with Gasteiger partial charge in [0.25, 0.3) is 0 Å². The van der Waals surface area contributed by atoms with Gasteiger partial charge in [-0.25, -0.2) is 0 Å². The highest BCUT2D eigenvalue weighted by molar-refractivity contribution is 9.10. The van der Waals surface area contributed by atoms with E-state index >= 15 is 0 Å². The quantitative estimate of drug-likeness (QED) is 0.839. The number of carboxylic acids is 1. The van der Waals surface area contributed by atoms with Crippen LogP contribution in [0.25, 0.3) is 0 Å². The van der Waals surface area contributed by atoms with Crippen molar-refractivity contribution >= 4 is 21.9 Å². The first kappa shape index (κ1) is 10.1. The maximum atomic E-state index is 10.7. The average Bonchev–Trinajstić information content (AvgIpc) is 2.04. The number of aromatic nitrogens is 1. The third-order valence-electron chi connectivity index (χ3n) is 1.59. The van der Waals surface area contributed by atoms with Crippen LogP contribution in [0.5, 0.6) is 0 Å². The fraction of sp³-hybridized carbons (Fsp3) is 0.250. The number of carbonyl (C=O) groups is 1. The smallest absolute Gasteiger partial charge is 0.325 e. The van der Waals surface area contributed by atoms with Gasteiger partial charge in [0.1, 0.15) is 6.04 Å². The molecule has 5 heteroatoms. The Morgan fingerprint density at radius 2 is 2.38 bits per heavy atom. The van der Waals surface area contributed by atoms with Gasteiger partial charge in [-0.3, -0.25) is 9.78 Å². The summed E-state index contributed by atoms with van der Waals surface area (Å²) in [5.74, 6) is -0.914. The zero-order chi connectivity index (χ0) is 9.84. The second-order valence-corrected chi connectivity index (χ2v) is 3.41. The molecule has 0 amide bonds. The molecule has 0 bridgehead atoms. The van der Waals surface area contributed by atoms with Gasteiger partial charge >= 0.3 is 5.97 Å². The predicted molar refractivity (Wildman–Crippen MR) is 51.4 cm³/mol. The zero-order valence-corrected chi connectivity index (χ0v) is 8.58. The van der Waals surface area contributed by atoms with Crippen molar-refractivity contribution in [3.63, 3.8) is 0 Å². The number of nitrogens with one attached hydrogen (secondary N) is 1. The van der Waals surface area contributed by atoms with Gasteiger partial charge in [0.05, 0.1) is 0 Å². The molecule has 0 saturated heterocycles. The topological polar surface area (TPSA) is 62.2 Å². The van der Waals surface area contributed by atoms with E-state index < -0.39 is 12.0 Å². The van der Waals surface area contributed by atoms with Gasteiger partial charge in [-0.15, -0.1) is 0 Å². The summed E-state index contributed by atoms with van der Waals surface area (Å²) in [6, 6.07) is 1.02. The lowest BCUT2D eigenvalue weighted by Gasteiger charge is -2.10. The summed E-state index contributed by atoms with van der Waals surface area (Å²) in [4.78, 5) is 14.6. The first-order valence-corrected chi connectivity index (χ1v) is 4.45. The number of hydrogen-bond donors (Lipinski definition) is 2. The van der Waals surface area contributed by atoms with Crippen molar-refractivity contribution in [2.75, 3.05) is 7.05 Å². The molecule has 1 unspecified atom stereocenters. The minimum absolute atomic E-state index is 0.629. The lowest BCUT2D eigenvalue weighted by Crippen LogP contribution is -2.24. The van der Waals surface area contributed by atoms with Gasteiger partial charge in [0.15, 0.2) is 0 Å². The van der Waals surface area contributed by atoms with Crippen LogP contribution in [-0.2, 0) is 4.79 Å². The highest BCUT2D eigenvalue weighted by Crippen LogP contribution is 2.16. The largest absolute Gasteiger partial charge is 0.480 e. The third-order valence-corrected chi connectivity index (χ3v) is 2.03. The van der Waals surface area contributed by atoms with Crippen molar-refractivity contribution < 1.29 is 9.90 Å². The summed E-state index contributed by atoms with van der Waals surface area (Å²) in [7, 11) is 1.60. The standard InChI is InChI=1S/C8H9BrN2O2/c1-10-7(8(12)13)5-2-6(9)4-11-3-5/h2-4,7,10H,1H3,(H,12,13). The molecule has 13 heavy (non-hydrogen) atoms. The molecular formula is C8H9BrN2O2. The molecule has 1 rings (SSSR count). The minimum atomic E-state index is -0.914. The second kappa shape index (κ2) is 4.34. The Kier molecular flexibility index (Phi) is 3.39. The summed E-state index contributed by atoms with van der Waals surface area (Å²) < 4.78 is 0.770. The fourth-order valence-corrected chi connectivity index (χ4v) is 1.40. The normalized spacial score (nSPS) is 12.5. The lowest BCUT2D eigenvalue weighted by molar-refractivity contribution is -0.139. The maximum absolute atomic E-state index is 10.7. The van der Waals surface area contributed by atoms with Gasteiger partial charge in [-0.05, 0) is 34.6 Å². The molecule has 0 aliphatic heterocycles. The van der Waals surface area contributed by atoms with Crippen molar-refractivity contribution in [1.82, 2.24) is 10.3 Å². The maximum Gasteiger partial charge on any atom is 0.325 e. The summed E-state index contributed by atoms with van der Waals surface area (Å²) in [6.07, 6.45) is 3.14. The molecule has 1 aromatic rings. The Bertz CT molecular complexity index is 317. The number of aliphatic carboxylic acids is 1. The molecule has 0 aromatic carbocycles. The van der Waals surface area contributed by atoms with E-state index in [2.05, 4.69) is 26.2 Å². The number of hydrogen-bond acceptors (Lipinski definition) is 3. The summed E-state index contributed by atoms with van der Waals surface area (Å²) in [5, 5.41) is 11.5. The van der Waals surface area contributed by atoms with Crippen LogP contribution < -0.4 is 5.32 Å². The average molecular weight is 245 g/mol. The van der Waals surface area contributed by atoms with Crippen molar-refractivity contribution in [3.05, 3.63) is 28.5 Å². The van der Waals surface area contributed by atoms with E-state index in [9.17, 15) is 4.79 Å². The Labute approximate surface area is 84.1 Å². The van der Waals surface area contributed by atoms with Crippen molar-refractivity contribution in [2.45, 2.75) is 6.04 Å². The van der Waals surface area contributed by atoms with E-state index in [0.717, 1.165) is 4.47 Å². The van der Waals surface area contributed by atoms with Crippen LogP contribution in [0.15, 0.2) is 22.9 Å². The van der Waals surface area contributed by atoms with E-state index in [1.165, 1.54) is 6.20 Å². The number of rotatable bonds is 3. The summed E-state index contributed by atoms with van der Waals surface area (Å²) in [5.41, 5.74) is 0.629. The molecule has 0 fully saturated rings. The van der Waals surface area contributed by atoms with Crippen LogP contribution in [0.1, 0.15) is 11.6 Å². The number of halogens is 1. The monoisotopic (exact) mass is 244 g/mol. The Morgan fingerprint density at radius 3 is 2.85 bits per heavy atom. The van der Waals surface area contributed by atoms with Crippen LogP contribution >= 0.6 is 15.9 Å². The van der Waals surface area contributed by atoms with E-state index in [0.29, 0.717) is 5.56 Å². The summed E-state index contributed by atoms with van der Waals surface area (Å²) >= 11 is 3.23. The van der Waals surface area contributed by atoms with Crippen LogP contribution in [0.2, 0.25) is 0 Å². The van der Waals surface area contributed by atoms with Crippen LogP contribution in [-0.4, -0.2) is 23.1 Å². The molecule has 4 nitrogen and oxygen atoms in total. The van der Waals surface area contributed by atoms with E-state index in [1.54, 1.807) is 19.3 Å². The van der Waals surface area contributed by atoms with Gasteiger partial charge in [0.2, 0.25) is 0 Å². The molecule has 0 aliphatic rings. The molecule has 2 N–H and O–H groups in total. The molecule has 1 heterocycles. The molecule has 0 spiro atoms. The molecule has 0 saturated carbocycles. The van der Waals surface area contributed by atoms with Gasteiger partial charge in [-0.1, -0.05) is 0 Å². The predicted octanol–water partition coefficient (Wildman–Crippen LogP) is 1.19. The Hall–Kier alpha value is -0.940. The minimum Gasteiger partial charge on any atom is -0.480 e. The molecule has 1 aromatic heterocycles. The molecule has 0 aliphatic carbocycles. The number of nitrogens with zero attached hydrogens (tertiary/aromatic N) is 1. The van der Waals surface area contributed by atoms with Gasteiger partial charge < -0.3 is 10.4 Å². The van der Waals surface area contributed by atoms with Crippen LogP contribution in [0, 0.1) is 0 Å². The first-order valence-electron chi connectivity index (χ1n) is 3.65. The Balaban J connectivity index is 2.98. The highest BCUT2D eigenvalue weighted by Gasteiger charge is 2.17. The molecular weight excluding hydrogens is 236 g/mol. The fourth-order valence-electron chi connectivity index (χ4n) is 1.02. The van der Waals surface area contributed by atoms with Gasteiger partial charge in [-0.2, -0.15) is 0 Å². The van der Waals surface area contributed by atoms with Gasteiger partial charge in [0, 0.05) is 16.9 Å². The highest BCUT2D eigenvalue weighted by atomic mass is 79.9. The lowest BCUT2D eigenvalue weighted by atomic mass is 10.1. The molecule has 1 atom stereocenters. The summed E-state index contributed by atoms with van der Waals surface area (Å²) in [6.45, 7) is 0. The van der Waals surface area contributed by atoms with Crippen LogP contribution in [0.4, 0.5) is 0 Å². The molecule has 0 radical (unpaired) electrons. The van der Waals surface area contributed by atoms with Crippen molar-refractivity contribution in [1.29, 1.82) is 0 Å². The second-order valence-electron chi connectivity index (χ2n) is 2.50. The number of likely N-dealkylation sites (N-methyl/N-ethyl adjacent to an activating group) is 1. The zero-order valence-electron chi connectivity index (χ0n) is 6.99. The van der Waals surface area contributed by atoms with E-state index in [1.807, 2.05) is 0 Å². The number of pyridine rings is 1. The number of carboxylic acid groups (broad SMARTS) is 1. The third kappa shape index (κ3) is 2.50. The van der Waals surface area contributed by atoms with E-state index in [-0.39, 0.29) is 0 Å². The van der Waals surface area contributed by atoms with Crippen LogP contribution in [0.3, 0.4) is 0 Å². The van der Waals surface area contributed by atoms with E-state index in [4.69, 9.17) is 5.11 Å². The Morgan fingerprint density at radius 1 is 1.69 bits per heavy atom. The molecule has 70 valence electrons. The van der Waals surface area contributed by atoms with Crippen molar-refractivity contribution in [3.8, 4) is 0 Å². The van der Waals surface area contributed by atoms with Crippen molar-refractivity contribution in [2.24, 2.45) is 0 Å².